The van der Waals surface area contributed by atoms with Gasteiger partial charge in [0.1, 0.15) is 47.5 Å². The van der Waals surface area contributed by atoms with Crippen molar-refractivity contribution in [3.63, 3.8) is 0 Å². The number of fused-ring (bicyclic) bond motifs is 1. The minimum atomic E-state index is -4.26. The third kappa shape index (κ3) is 6.60. The summed E-state index contributed by atoms with van der Waals surface area (Å²) in [7, 11) is -4.26. The number of aromatic nitrogens is 3. The van der Waals surface area contributed by atoms with E-state index in [1.807, 2.05) is 0 Å². The van der Waals surface area contributed by atoms with Crippen molar-refractivity contribution in [2.75, 3.05) is 32.2 Å². The van der Waals surface area contributed by atoms with Crippen LogP contribution in [0.2, 0.25) is 0 Å². The Labute approximate surface area is 242 Å². The van der Waals surface area contributed by atoms with Crippen LogP contribution in [0.4, 0.5) is 5.82 Å². The topological polar surface area (TPSA) is 189 Å². The van der Waals surface area contributed by atoms with Crippen LogP contribution in [0, 0.1) is 5.92 Å². The molecule has 2 aliphatic rings. The Morgan fingerprint density at radius 2 is 1.98 bits per heavy atom. The summed E-state index contributed by atoms with van der Waals surface area (Å²) in [4.78, 5) is 16.7. The van der Waals surface area contributed by atoms with Gasteiger partial charge in [-0.25, -0.2) is 14.1 Å². The normalized spacial score (nSPS) is 27.0. The molecule has 5 N–H and O–H groups in total. The fraction of sp³-hybridized carbons (Fsp3) is 0.519. The lowest BCUT2D eigenvalue weighted by molar-refractivity contribution is -0.147. The Bertz CT molecular complexity index is 1420. The average Bonchev–Trinajstić information content (AvgIpc) is 3.52. The van der Waals surface area contributed by atoms with E-state index in [2.05, 4.69) is 15.2 Å². The number of nitrogens with zero attached hydrogens (tertiary/aromatic N) is 3. The Kier molecular flexibility index (Phi) is 9.14. The summed E-state index contributed by atoms with van der Waals surface area (Å²) in [5.74, 6) is 0.0338. The number of carbonyl (C=O) groups is 1. The number of anilines is 1. The summed E-state index contributed by atoms with van der Waals surface area (Å²) in [6.07, 6.45) is -0.993. The number of esters is 1. The van der Waals surface area contributed by atoms with Gasteiger partial charge in [-0.3, -0.25) is 9.32 Å². The van der Waals surface area contributed by atoms with E-state index in [9.17, 15) is 19.6 Å². The molecule has 2 aromatic heterocycles. The fourth-order valence-electron chi connectivity index (χ4n) is 4.95. The first-order valence-corrected chi connectivity index (χ1v) is 15.3. The van der Waals surface area contributed by atoms with Gasteiger partial charge in [-0.15, -0.1) is 0 Å². The predicted molar refractivity (Wildman–Crippen MR) is 149 cm³/mol. The maximum absolute atomic E-state index is 14.0. The summed E-state index contributed by atoms with van der Waals surface area (Å²) in [6.45, 7) is 4.00. The molecule has 5 rings (SSSR count). The third-order valence-corrected chi connectivity index (χ3v) is 9.08. The number of rotatable bonds is 11. The van der Waals surface area contributed by atoms with Gasteiger partial charge in [0.2, 0.25) is 0 Å². The number of benzene rings is 1. The van der Waals surface area contributed by atoms with Crippen LogP contribution in [0.25, 0.3) is 5.52 Å². The summed E-state index contributed by atoms with van der Waals surface area (Å²) in [5.41, 5.74) is 5.33. The lowest BCUT2D eigenvalue weighted by Crippen LogP contribution is -2.45. The Balaban J connectivity index is 1.29. The van der Waals surface area contributed by atoms with Crippen molar-refractivity contribution in [1.82, 2.24) is 19.7 Å². The molecule has 14 nitrogen and oxygen atoms in total. The Hall–Kier alpha value is -3.10. The number of hydrogen-bond acceptors (Lipinski definition) is 12. The van der Waals surface area contributed by atoms with Crippen molar-refractivity contribution in [1.29, 1.82) is 0 Å². The third-order valence-electron chi connectivity index (χ3n) is 7.46. The molecule has 0 bridgehead atoms. The van der Waals surface area contributed by atoms with Crippen LogP contribution in [0.3, 0.4) is 0 Å². The number of aliphatic hydroxyl groups excluding tert-OH is 2. The fourth-order valence-corrected chi connectivity index (χ4v) is 6.54. The van der Waals surface area contributed by atoms with Crippen LogP contribution in [-0.4, -0.2) is 81.1 Å². The van der Waals surface area contributed by atoms with Crippen molar-refractivity contribution in [2.45, 2.75) is 56.6 Å². The zero-order chi connectivity index (χ0) is 29.9. The van der Waals surface area contributed by atoms with Crippen LogP contribution in [0.1, 0.15) is 38.5 Å². The summed E-state index contributed by atoms with van der Waals surface area (Å²) in [5, 5.41) is 28.8. The van der Waals surface area contributed by atoms with E-state index in [0.717, 1.165) is 12.8 Å². The molecule has 2 fully saturated rings. The molecule has 3 aromatic rings. The number of nitrogens with one attached hydrogen (secondary N) is 1. The summed E-state index contributed by atoms with van der Waals surface area (Å²) < 4.78 is 43.9. The first-order valence-electron chi connectivity index (χ1n) is 13.7. The molecule has 1 unspecified atom stereocenters. The highest BCUT2D eigenvalue weighted by atomic mass is 31.2. The second kappa shape index (κ2) is 12.6. The van der Waals surface area contributed by atoms with Gasteiger partial charge in [0.05, 0.1) is 18.9 Å². The van der Waals surface area contributed by atoms with E-state index in [1.165, 1.54) is 24.7 Å². The van der Waals surface area contributed by atoms with Crippen molar-refractivity contribution in [3.05, 3.63) is 54.5 Å². The number of carbonyl (C=O) groups excluding carboxylic acids is 1. The monoisotopic (exact) mass is 605 g/mol. The van der Waals surface area contributed by atoms with Crippen molar-refractivity contribution in [2.24, 2.45) is 5.92 Å². The minimum absolute atomic E-state index is 0.194. The zero-order valence-corrected chi connectivity index (χ0v) is 24.3. The van der Waals surface area contributed by atoms with E-state index >= 15 is 0 Å². The minimum Gasteiger partial charge on any atom is -0.464 e. The number of hydrogen-bond donors (Lipinski definition) is 4. The Morgan fingerprint density at radius 3 is 2.71 bits per heavy atom. The molecule has 2 aliphatic heterocycles. The molecule has 0 radical (unpaired) electrons. The van der Waals surface area contributed by atoms with E-state index in [0.29, 0.717) is 24.4 Å². The molecule has 1 aromatic carbocycles. The van der Waals surface area contributed by atoms with Gasteiger partial charge < -0.3 is 34.7 Å². The number of aliphatic hydroxyl groups is 2. The van der Waals surface area contributed by atoms with Crippen LogP contribution in [0.15, 0.2) is 48.8 Å². The molecule has 4 heterocycles. The maximum atomic E-state index is 14.0. The predicted octanol–water partition coefficient (Wildman–Crippen LogP) is 2.01. The van der Waals surface area contributed by atoms with E-state index in [4.69, 9.17) is 29.0 Å². The molecular weight excluding hydrogens is 569 g/mol. The quantitative estimate of drug-likeness (QED) is 0.184. The van der Waals surface area contributed by atoms with Gasteiger partial charge in [0.15, 0.2) is 5.82 Å². The lowest BCUT2D eigenvalue weighted by Gasteiger charge is -2.30. The molecule has 2 saturated heterocycles. The Morgan fingerprint density at radius 1 is 1.24 bits per heavy atom. The highest BCUT2D eigenvalue weighted by Crippen LogP contribution is 2.48. The lowest BCUT2D eigenvalue weighted by atomic mass is 9.97. The van der Waals surface area contributed by atoms with E-state index < -0.39 is 50.3 Å². The second-order valence-electron chi connectivity index (χ2n) is 10.7. The van der Waals surface area contributed by atoms with Crippen LogP contribution < -0.4 is 15.3 Å². The average molecular weight is 606 g/mol. The number of nitrogens with two attached hydrogens (primary N) is 1. The molecule has 0 aliphatic carbocycles. The van der Waals surface area contributed by atoms with Crippen molar-refractivity contribution in [3.8, 4) is 5.75 Å². The molecule has 6 atom stereocenters. The number of ether oxygens (including phenoxy) is 3. The van der Waals surface area contributed by atoms with Gasteiger partial charge in [0.25, 0.3) is 0 Å². The largest absolute Gasteiger partial charge is 0.464 e. The van der Waals surface area contributed by atoms with Gasteiger partial charge in [-0.05, 0) is 56.9 Å². The smallest absolute Gasteiger partial charge is 0.459 e. The molecule has 228 valence electrons. The zero-order valence-electron chi connectivity index (χ0n) is 23.4. The number of nitrogen functional groups attached to an aromatic ring is 1. The van der Waals surface area contributed by atoms with Crippen LogP contribution in [0.5, 0.6) is 5.75 Å². The molecule has 42 heavy (non-hydrogen) atoms. The molecule has 15 heteroatoms. The SMILES string of the molecule is C[C@H](NP(=O)(OC[C@@]1(C)O[C@@H](c2ccc3c(N)ncnn23)[C@H](O)[C@@H]1O)Oc1ccccc1)C(=O)OCC1CCOCC1. The molecular formula is C27H36N5O9P. The van der Waals surface area contributed by atoms with E-state index in [-0.39, 0.29) is 24.1 Å². The molecule has 0 saturated carbocycles. The van der Waals surface area contributed by atoms with Gasteiger partial charge in [0, 0.05) is 13.2 Å². The molecule has 0 amide bonds. The van der Waals surface area contributed by atoms with Gasteiger partial charge in [-0.1, -0.05) is 18.2 Å². The first kappa shape index (κ1) is 30.4. The highest BCUT2D eigenvalue weighted by Gasteiger charge is 2.54. The molecule has 0 spiro atoms. The van der Waals surface area contributed by atoms with Gasteiger partial charge in [-0.2, -0.15) is 10.2 Å². The first-order chi connectivity index (χ1) is 20.1. The van der Waals surface area contributed by atoms with Crippen molar-refractivity contribution >= 4 is 25.1 Å². The number of para-hydroxylation sites is 1. The van der Waals surface area contributed by atoms with E-state index in [1.54, 1.807) is 42.5 Å². The van der Waals surface area contributed by atoms with Crippen LogP contribution >= 0.6 is 7.75 Å². The summed E-state index contributed by atoms with van der Waals surface area (Å²) >= 11 is 0. The summed E-state index contributed by atoms with van der Waals surface area (Å²) in [6, 6.07) is 10.6. The standard InChI is InChI=1S/C27H36N5O9P/c1-17(26(35)38-14-18-10-12-37-13-11-18)31-42(36,41-19-6-4-3-5-7-19)39-15-27(2)24(34)22(33)23(40-27)20-8-9-21-25(28)29-16-30-32(20)21/h3-9,16-18,22-24,33-34H,10-15H2,1-2H3,(H,31,36)(H2,28,29,30)/t17-,22-,23-,24-,27+,42?/m0/s1. The highest BCUT2D eigenvalue weighted by molar-refractivity contribution is 7.52. The second-order valence-corrected chi connectivity index (χ2v) is 12.4. The maximum Gasteiger partial charge on any atom is 0.459 e. The van der Waals surface area contributed by atoms with Crippen LogP contribution in [-0.2, 0) is 28.1 Å². The van der Waals surface area contributed by atoms with Gasteiger partial charge >= 0.3 is 13.7 Å². The van der Waals surface area contributed by atoms with Crippen molar-refractivity contribution < 1.29 is 42.8 Å².